The summed E-state index contributed by atoms with van der Waals surface area (Å²) in [4.78, 5) is 10.1. The summed E-state index contributed by atoms with van der Waals surface area (Å²) in [6.07, 6.45) is 2.73. The largest absolute Gasteiger partial charge is 0.370 e. The van der Waals surface area contributed by atoms with Crippen molar-refractivity contribution in [2.75, 3.05) is 11.9 Å². The van der Waals surface area contributed by atoms with Crippen LogP contribution in [0.5, 0.6) is 0 Å². The molecule has 0 aliphatic heterocycles. The zero-order valence-electron chi connectivity index (χ0n) is 12.3. The fourth-order valence-electron chi connectivity index (χ4n) is 1.97. The van der Waals surface area contributed by atoms with Gasteiger partial charge in [0.25, 0.3) is 0 Å². The summed E-state index contributed by atoms with van der Waals surface area (Å²) >= 11 is 1.70. The van der Waals surface area contributed by atoms with Gasteiger partial charge in [0.1, 0.15) is 17.2 Å². The van der Waals surface area contributed by atoms with E-state index in [1.54, 1.807) is 18.1 Å². The highest BCUT2D eigenvalue weighted by Crippen LogP contribution is 2.35. The zero-order chi connectivity index (χ0) is 14.4. The molecule has 0 saturated heterocycles. The monoisotopic (exact) mass is 287 g/mol. The highest BCUT2D eigenvalue weighted by Gasteiger charge is 2.15. The molecule has 3 nitrogen and oxygen atoms in total. The van der Waals surface area contributed by atoms with Gasteiger partial charge in [-0.05, 0) is 24.5 Å². The minimum Gasteiger partial charge on any atom is -0.370 e. The van der Waals surface area contributed by atoms with E-state index in [1.807, 2.05) is 6.07 Å². The van der Waals surface area contributed by atoms with Gasteiger partial charge in [0, 0.05) is 17.0 Å². The summed E-state index contributed by atoms with van der Waals surface area (Å²) in [5, 5.41) is 4.45. The van der Waals surface area contributed by atoms with Crippen molar-refractivity contribution in [3.8, 4) is 0 Å². The first kappa shape index (κ1) is 14.9. The summed E-state index contributed by atoms with van der Waals surface area (Å²) in [6.45, 7) is 7.46. The van der Waals surface area contributed by atoms with E-state index in [1.165, 1.54) is 10.5 Å². The van der Waals surface area contributed by atoms with Crippen LogP contribution in [0.1, 0.15) is 38.7 Å². The fourth-order valence-corrected chi connectivity index (χ4v) is 3.02. The number of aromatic nitrogens is 2. The molecule has 2 rings (SSSR count). The number of anilines is 1. The molecular formula is C16H21N3S. The Labute approximate surface area is 125 Å². The van der Waals surface area contributed by atoms with E-state index in [0.717, 1.165) is 23.8 Å². The second-order valence-corrected chi connectivity index (χ2v) is 6.00. The lowest BCUT2D eigenvalue weighted by atomic mass is 10.1. The molecule has 0 aliphatic rings. The molecule has 1 N–H and O–H groups in total. The quantitative estimate of drug-likeness (QED) is 0.790. The molecule has 0 bridgehead atoms. The molecule has 0 amide bonds. The highest BCUT2D eigenvalue weighted by atomic mass is 32.2. The van der Waals surface area contributed by atoms with E-state index >= 15 is 0 Å². The molecule has 2 aromatic rings. The second-order valence-electron chi connectivity index (χ2n) is 4.94. The number of nitrogens with one attached hydrogen (secondary N) is 1. The molecule has 0 saturated carbocycles. The molecule has 0 atom stereocenters. The zero-order valence-corrected chi connectivity index (χ0v) is 13.1. The average Bonchev–Trinajstić information content (AvgIpc) is 2.46. The number of nitrogens with zero attached hydrogens (tertiary/aromatic N) is 2. The first-order chi connectivity index (χ1) is 9.72. The topological polar surface area (TPSA) is 37.8 Å². The molecule has 1 aromatic carbocycles. The van der Waals surface area contributed by atoms with Crippen LogP contribution in [0.4, 0.5) is 5.82 Å². The van der Waals surface area contributed by atoms with E-state index in [-0.39, 0.29) is 0 Å². The van der Waals surface area contributed by atoms with E-state index < -0.39 is 0 Å². The van der Waals surface area contributed by atoms with Crippen molar-refractivity contribution < 1.29 is 0 Å². The second kappa shape index (κ2) is 7.29. The molecule has 0 radical (unpaired) electrons. The van der Waals surface area contributed by atoms with Crippen LogP contribution in [0, 0.1) is 0 Å². The first-order valence-electron chi connectivity index (χ1n) is 7.04. The highest BCUT2D eigenvalue weighted by molar-refractivity contribution is 7.99. The van der Waals surface area contributed by atoms with Gasteiger partial charge in [0.2, 0.25) is 0 Å². The molecule has 20 heavy (non-hydrogen) atoms. The van der Waals surface area contributed by atoms with Gasteiger partial charge in [0.05, 0.1) is 0 Å². The Morgan fingerprint density at radius 1 is 1.15 bits per heavy atom. The van der Waals surface area contributed by atoms with E-state index in [2.05, 4.69) is 60.3 Å². The predicted molar refractivity (Wildman–Crippen MR) is 85.5 cm³/mol. The van der Waals surface area contributed by atoms with Gasteiger partial charge in [-0.3, -0.25) is 0 Å². The molecule has 0 spiro atoms. The maximum atomic E-state index is 4.48. The SMILES string of the molecule is CCCNc1ncnc(Sc2ccccc2)c1C(C)C. The number of hydrogen-bond donors (Lipinski definition) is 1. The van der Waals surface area contributed by atoms with Gasteiger partial charge in [-0.1, -0.05) is 50.7 Å². The summed E-state index contributed by atoms with van der Waals surface area (Å²) in [6, 6.07) is 10.3. The minimum absolute atomic E-state index is 0.391. The predicted octanol–water partition coefficient (Wildman–Crippen LogP) is 4.57. The third-order valence-corrected chi connectivity index (χ3v) is 3.95. The van der Waals surface area contributed by atoms with Gasteiger partial charge in [0.15, 0.2) is 0 Å². The van der Waals surface area contributed by atoms with Crippen LogP contribution in [0.3, 0.4) is 0 Å². The Bertz CT molecular complexity index is 541. The Balaban J connectivity index is 2.32. The molecule has 1 aromatic heterocycles. The van der Waals surface area contributed by atoms with Gasteiger partial charge in [-0.15, -0.1) is 0 Å². The summed E-state index contributed by atoms with van der Waals surface area (Å²) in [5.41, 5.74) is 1.20. The van der Waals surface area contributed by atoms with Gasteiger partial charge in [-0.25, -0.2) is 9.97 Å². The third-order valence-electron chi connectivity index (χ3n) is 2.92. The van der Waals surface area contributed by atoms with Gasteiger partial charge >= 0.3 is 0 Å². The van der Waals surface area contributed by atoms with Crippen molar-refractivity contribution in [2.45, 2.75) is 43.0 Å². The van der Waals surface area contributed by atoms with Crippen molar-refractivity contribution in [1.29, 1.82) is 0 Å². The summed E-state index contributed by atoms with van der Waals surface area (Å²) < 4.78 is 0. The van der Waals surface area contributed by atoms with Crippen LogP contribution in [0.15, 0.2) is 46.6 Å². The molecule has 0 aliphatic carbocycles. The Morgan fingerprint density at radius 2 is 1.90 bits per heavy atom. The smallest absolute Gasteiger partial charge is 0.134 e. The third kappa shape index (κ3) is 3.73. The number of hydrogen-bond acceptors (Lipinski definition) is 4. The van der Waals surface area contributed by atoms with Gasteiger partial charge < -0.3 is 5.32 Å². The van der Waals surface area contributed by atoms with Crippen molar-refractivity contribution in [2.24, 2.45) is 0 Å². The summed E-state index contributed by atoms with van der Waals surface area (Å²) in [5.74, 6) is 1.36. The van der Waals surface area contributed by atoms with Crippen molar-refractivity contribution in [1.82, 2.24) is 9.97 Å². The first-order valence-corrected chi connectivity index (χ1v) is 7.85. The molecule has 106 valence electrons. The average molecular weight is 287 g/mol. The van der Waals surface area contributed by atoms with Crippen molar-refractivity contribution in [3.63, 3.8) is 0 Å². The fraction of sp³-hybridized carbons (Fsp3) is 0.375. The normalized spacial score (nSPS) is 10.8. The van der Waals surface area contributed by atoms with Crippen LogP contribution < -0.4 is 5.32 Å². The lowest BCUT2D eigenvalue weighted by Crippen LogP contribution is -2.08. The van der Waals surface area contributed by atoms with Crippen LogP contribution >= 0.6 is 11.8 Å². The van der Waals surface area contributed by atoms with Crippen LogP contribution in [-0.2, 0) is 0 Å². The van der Waals surface area contributed by atoms with Crippen LogP contribution in [0.25, 0.3) is 0 Å². The molecule has 0 unspecified atom stereocenters. The Kier molecular flexibility index (Phi) is 5.41. The van der Waals surface area contributed by atoms with E-state index in [9.17, 15) is 0 Å². The van der Waals surface area contributed by atoms with Gasteiger partial charge in [-0.2, -0.15) is 0 Å². The number of benzene rings is 1. The van der Waals surface area contributed by atoms with Crippen molar-refractivity contribution >= 4 is 17.6 Å². The van der Waals surface area contributed by atoms with Crippen LogP contribution in [0.2, 0.25) is 0 Å². The Morgan fingerprint density at radius 3 is 2.55 bits per heavy atom. The lowest BCUT2D eigenvalue weighted by molar-refractivity contribution is 0.800. The molecule has 0 fully saturated rings. The van der Waals surface area contributed by atoms with E-state index in [0.29, 0.717) is 5.92 Å². The molecule has 4 heteroatoms. The lowest BCUT2D eigenvalue weighted by Gasteiger charge is -2.16. The summed E-state index contributed by atoms with van der Waals surface area (Å²) in [7, 11) is 0. The Hall–Kier alpha value is -1.55. The number of rotatable bonds is 6. The standard InChI is InChI=1S/C16H21N3S/c1-4-10-17-15-14(12(2)3)16(19-11-18-15)20-13-8-6-5-7-9-13/h5-9,11-12H,4,10H2,1-3H3,(H,17,18,19). The van der Waals surface area contributed by atoms with Crippen LogP contribution in [-0.4, -0.2) is 16.5 Å². The maximum Gasteiger partial charge on any atom is 0.134 e. The minimum atomic E-state index is 0.391. The van der Waals surface area contributed by atoms with Crippen molar-refractivity contribution in [3.05, 3.63) is 42.2 Å². The molecule has 1 heterocycles. The molecular weight excluding hydrogens is 266 g/mol. The maximum absolute atomic E-state index is 4.48. The van der Waals surface area contributed by atoms with E-state index in [4.69, 9.17) is 0 Å².